The number of hydrogen-bond donors (Lipinski definition) is 2. The van der Waals surface area contributed by atoms with Gasteiger partial charge in [0.05, 0.1) is 5.52 Å². The molecule has 15 heavy (non-hydrogen) atoms. The van der Waals surface area contributed by atoms with Gasteiger partial charge in [0, 0.05) is 16.6 Å². The van der Waals surface area contributed by atoms with Crippen LogP contribution in [-0.2, 0) is 6.42 Å². The molecule has 3 heteroatoms. The van der Waals surface area contributed by atoms with Crippen LogP contribution in [0, 0.1) is 0 Å². The third-order valence-corrected chi connectivity index (χ3v) is 2.56. The maximum atomic E-state index is 5.96. The maximum absolute atomic E-state index is 5.96. The van der Waals surface area contributed by atoms with E-state index in [4.69, 9.17) is 5.73 Å². The smallest absolute Gasteiger partial charge is 0.0923 e. The summed E-state index contributed by atoms with van der Waals surface area (Å²) in [5, 5.41) is 8.54. The van der Waals surface area contributed by atoms with E-state index >= 15 is 0 Å². The zero-order valence-corrected chi connectivity index (χ0v) is 9.25. The molecule has 0 aliphatic rings. The monoisotopic (exact) mass is 203 g/mol. The molecule has 1 aromatic heterocycles. The predicted molar refractivity (Wildman–Crippen MR) is 62.7 cm³/mol. The van der Waals surface area contributed by atoms with E-state index in [1.165, 1.54) is 11.1 Å². The Kier molecular flexibility index (Phi) is 2.49. The van der Waals surface area contributed by atoms with Crippen molar-refractivity contribution in [3.63, 3.8) is 0 Å². The largest absolute Gasteiger partial charge is 0.326 e. The molecule has 3 N–H and O–H groups in total. The Morgan fingerprint density at radius 2 is 2.07 bits per heavy atom. The second-order valence-corrected chi connectivity index (χ2v) is 4.71. The van der Waals surface area contributed by atoms with Gasteiger partial charge in [0.25, 0.3) is 0 Å². The molecule has 1 heterocycles. The van der Waals surface area contributed by atoms with Crippen LogP contribution in [0.5, 0.6) is 0 Å². The van der Waals surface area contributed by atoms with E-state index in [-0.39, 0.29) is 5.54 Å². The Balaban J connectivity index is 2.22. The first-order chi connectivity index (χ1) is 7.06. The molecule has 0 radical (unpaired) electrons. The molecule has 1 aromatic carbocycles. The molecule has 0 spiro atoms. The van der Waals surface area contributed by atoms with Crippen LogP contribution in [0.4, 0.5) is 0 Å². The molecule has 0 saturated heterocycles. The molecule has 0 amide bonds. The number of nitrogens with one attached hydrogen (secondary N) is 1. The van der Waals surface area contributed by atoms with Crippen LogP contribution in [0.3, 0.4) is 0 Å². The lowest BCUT2D eigenvalue weighted by molar-refractivity contribution is 0.474. The first-order valence-corrected chi connectivity index (χ1v) is 5.27. The lowest BCUT2D eigenvalue weighted by Gasteiger charge is -2.17. The number of aromatic amines is 1. The summed E-state index contributed by atoms with van der Waals surface area (Å²) in [6.07, 6.45) is 1.91. The average Bonchev–Trinajstić information content (AvgIpc) is 2.57. The minimum atomic E-state index is -0.119. The molecular formula is C12H17N3. The number of aryl methyl sites for hydroxylation is 1. The van der Waals surface area contributed by atoms with Crippen LogP contribution in [0.2, 0.25) is 0 Å². The van der Waals surface area contributed by atoms with Gasteiger partial charge in [-0.2, -0.15) is 5.10 Å². The summed E-state index contributed by atoms with van der Waals surface area (Å²) in [5.74, 6) is 0. The first kappa shape index (κ1) is 10.2. The van der Waals surface area contributed by atoms with Crippen molar-refractivity contribution in [1.29, 1.82) is 0 Å². The number of rotatable bonds is 3. The van der Waals surface area contributed by atoms with Crippen molar-refractivity contribution in [2.75, 3.05) is 0 Å². The van der Waals surface area contributed by atoms with E-state index in [1.807, 2.05) is 32.0 Å². The second kappa shape index (κ2) is 3.66. The first-order valence-electron chi connectivity index (χ1n) is 5.27. The molecule has 0 fully saturated rings. The topological polar surface area (TPSA) is 54.7 Å². The van der Waals surface area contributed by atoms with Gasteiger partial charge in [-0.25, -0.2) is 0 Å². The summed E-state index contributed by atoms with van der Waals surface area (Å²) in [7, 11) is 0. The molecule has 0 atom stereocenters. The number of hydrogen-bond acceptors (Lipinski definition) is 2. The number of aromatic nitrogens is 2. The fourth-order valence-corrected chi connectivity index (χ4v) is 1.65. The van der Waals surface area contributed by atoms with E-state index in [0.29, 0.717) is 0 Å². The predicted octanol–water partition coefficient (Wildman–Crippen LogP) is 2.23. The summed E-state index contributed by atoms with van der Waals surface area (Å²) in [6.45, 7) is 4.09. The molecule has 0 aliphatic heterocycles. The molecule has 2 aromatic rings. The van der Waals surface area contributed by atoms with Crippen molar-refractivity contribution in [3.8, 4) is 0 Å². The van der Waals surface area contributed by atoms with Crippen molar-refractivity contribution in [2.45, 2.75) is 32.2 Å². The standard InChI is InChI=1S/C12H17N3/c1-12(2,13)8-7-11-9-5-3-4-6-10(9)14-15-11/h3-6H,7-8,13H2,1-2H3,(H,14,15). The molecule has 2 rings (SSSR count). The summed E-state index contributed by atoms with van der Waals surface area (Å²) in [4.78, 5) is 0. The van der Waals surface area contributed by atoms with Gasteiger partial charge in [-0.1, -0.05) is 18.2 Å². The Bertz CT molecular complexity index is 451. The molecule has 0 saturated carbocycles. The molecule has 0 unspecified atom stereocenters. The van der Waals surface area contributed by atoms with Gasteiger partial charge in [-0.15, -0.1) is 0 Å². The van der Waals surface area contributed by atoms with Crippen LogP contribution < -0.4 is 5.73 Å². The number of fused-ring (bicyclic) bond motifs is 1. The highest BCUT2D eigenvalue weighted by atomic mass is 15.1. The number of para-hydroxylation sites is 1. The van der Waals surface area contributed by atoms with E-state index < -0.39 is 0 Å². The Hall–Kier alpha value is -1.35. The number of benzene rings is 1. The van der Waals surface area contributed by atoms with Crippen LogP contribution >= 0.6 is 0 Å². The quantitative estimate of drug-likeness (QED) is 0.803. The fraction of sp³-hybridized carbons (Fsp3) is 0.417. The van der Waals surface area contributed by atoms with Gasteiger partial charge in [0.1, 0.15) is 0 Å². The van der Waals surface area contributed by atoms with Crippen molar-refractivity contribution in [2.24, 2.45) is 5.73 Å². The Morgan fingerprint density at radius 3 is 2.80 bits per heavy atom. The second-order valence-electron chi connectivity index (χ2n) is 4.71. The summed E-state index contributed by atoms with van der Waals surface area (Å²) >= 11 is 0. The number of nitrogens with two attached hydrogens (primary N) is 1. The summed E-state index contributed by atoms with van der Waals surface area (Å²) in [5.41, 5.74) is 8.06. The van der Waals surface area contributed by atoms with Gasteiger partial charge in [-0.3, -0.25) is 5.10 Å². The normalized spacial score (nSPS) is 12.2. The van der Waals surface area contributed by atoms with E-state index in [0.717, 1.165) is 18.4 Å². The lowest BCUT2D eigenvalue weighted by atomic mass is 9.98. The molecule has 0 aliphatic carbocycles. The van der Waals surface area contributed by atoms with E-state index in [2.05, 4.69) is 16.3 Å². The van der Waals surface area contributed by atoms with Crippen LogP contribution in [0.25, 0.3) is 10.9 Å². The Morgan fingerprint density at radius 1 is 1.33 bits per heavy atom. The van der Waals surface area contributed by atoms with Gasteiger partial charge < -0.3 is 5.73 Å². The minimum Gasteiger partial charge on any atom is -0.326 e. The van der Waals surface area contributed by atoms with E-state index in [1.54, 1.807) is 0 Å². The van der Waals surface area contributed by atoms with Crippen molar-refractivity contribution in [1.82, 2.24) is 10.2 Å². The highest BCUT2D eigenvalue weighted by Gasteiger charge is 2.12. The summed E-state index contributed by atoms with van der Waals surface area (Å²) in [6, 6.07) is 8.15. The minimum absolute atomic E-state index is 0.119. The zero-order valence-electron chi connectivity index (χ0n) is 9.25. The highest BCUT2D eigenvalue weighted by molar-refractivity contribution is 5.81. The average molecular weight is 203 g/mol. The van der Waals surface area contributed by atoms with Gasteiger partial charge in [0.2, 0.25) is 0 Å². The third-order valence-electron chi connectivity index (χ3n) is 2.56. The summed E-state index contributed by atoms with van der Waals surface area (Å²) < 4.78 is 0. The van der Waals surface area contributed by atoms with Gasteiger partial charge in [0.15, 0.2) is 0 Å². The van der Waals surface area contributed by atoms with Gasteiger partial charge in [-0.05, 0) is 32.8 Å². The maximum Gasteiger partial charge on any atom is 0.0923 e. The van der Waals surface area contributed by atoms with Crippen molar-refractivity contribution in [3.05, 3.63) is 30.0 Å². The highest BCUT2D eigenvalue weighted by Crippen LogP contribution is 2.18. The van der Waals surface area contributed by atoms with Crippen molar-refractivity contribution < 1.29 is 0 Å². The van der Waals surface area contributed by atoms with Crippen LogP contribution in [0.1, 0.15) is 26.0 Å². The molecular weight excluding hydrogens is 186 g/mol. The fourth-order valence-electron chi connectivity index (χ4n) is 1.65. The zero-order chi connectivity index (χ0) is 10.9. The van der Waals surface area contributed by atoms with Crippen molar-refractivity contribution >= 4 is 10.9 Å². The van der Waals surface area contributed by atoms with Crippen LogP contribution in [-0.4, -0.2) is 15.7 Å². The lowest BCUT2D eigenvalue weighted by Crippen LogP contribution is -2.32. The molecule has 3 nitrogen and oxygen atoms in total. The van der Waals surface area contributed by atoms with Crippen LogP contribution in [0.15, 0.2) is 24.3 Å². The Labute approximate surface area is 89.7 Å². The number of nitrogens with zero attached hydrogens (tertiary/aromatic N) is 1. The van der Waals surface area contributed by atoms with E-state index in [9.17, 15) is 0 Å². The van der Waals surface area contributed by atoms with Gasteiger partial charge >= 0.3 is 0 Å². The molecule has 0 bridgehead atoms. The number of H-pyrrole nitrogens is 1. The molecule has 80 valence electrons. The SMILES string of the molecule is CC(C)(N)CCc1[nH]nc2ccccc12. The third kappa shape index (κ3) is 2.36.